The van der Waals surface area contributed by atoms with Crippen molar-refractivity contribution in [2.45, 2.75) is 25.8 Å². The Morgan fingerprint density at radius 2 is 1.87 bits per heavy atom. The molecule has 2 aromatic carbocycles. The molecule has 2 aromatic heterocycles. The van der Waals surface area contributed by atoms with Crippen molar-refractivity contribution in [1.29, 1.82) is 0 Å². The van der Waals surface area contributed by atoms with Crippen LogP contribution >= 0.6 is 0 Å². The van der Waals surface area contributed by atoms with Crippen LogP contribution in [-0.2, 0) is 17.6 Å². The summed E-state index contributed by atoms with van der Waals surface area (Å²) in [5.74, 6) is 0.640. The second-order valence-electron chi connectivity index (χ2n) is 7.48. The Labute approximate surface area is 179 Å². The molecular weight excluding hydrogens is 392 g/mol. The zero-order valence-corrected chi connectivity index (χ0v) is 17.5. The minimum atomic E-state index is -0.337. The summed E-state index contributed by atoms with van der Waals surface area (Å²) in [7, 11) is 1.61. The first-order valence-electron chi connectivity index (χ1n) is 10.1. The lowest BCUT2D eigenvalue weighted by Crippen LogP contribution is -2.31. The van der Waals surface area contributed by atoms with E-state index in [4.69, 9.17) is 4.74 Å². The average Bonchev–Trinajstić information content (AvgIpc) is 3.15. The number of ether oxygens (including phenoxy) is 1. The number of methoxy groups -OCH3 is 1. The van der Waals surface area contributed by atoms with E-state index in [1.54, 1.807) is 7.11 Å². The van der Waals surface area contributed by atoms with E-state index in [-0.39, 0.29) is 23.9 Å². The third-order valence-electron chi connectivity index (χ3n) is 5.11. The highest BCUT2D eigenvalue weighted by molar-refractivity contribution is 5.79. The SMILES string of the molecule is COc1ccc([C@H](Cc2cc(=O)n3[nH]c(C)cc3n2)NC(=O)Cc2ccccc2)cc1. The summed E-state index contributed by atoms with van der Waals surface area (Å²) in [6, 6.07) is 20.1. The van der Waals surface area contributed by atoms with E-state index in [2.05, 4.69) is 15.4 Å². The van der Waals surface area contributed by atoms with Crippen LogP contribution in [0, 0.1) is 6.92 Å². The van der Waals surface area contributed by atoms with Crippen molar-refractivity contribution in [3.63, 3.8) is 0 Å². The fourth-order valence-corrected chi connectivity index (χ4v) is 3.59. The van der Waals surface area contributed by atoms with Crippen LogP contribution in [0.4, 0.5) is 0 Å². The number of hydrogen-bond donors (Lipinski definition) is 2. The maximum atomic E-state index is 12.8. The first-order chi connectivity index (χ1) is 15.0. The molecular formula is C24H24N4O3. The van der Waals surface area contributed by atoms with E-state index in [9.17, 15) is 9.59 Å². The number of nitrogens with zero attached hydrogens (tertiary/aromatic N) is 2. The van der Waals surface area contributed by atoms with E-state index < -0.39 is 0 Å². The molecule has 0 saturated heterocycles. The number of amides is 1. The van der Waals surface area contributed by atoms with Crippen LogP contribution in [0.5, 0.6) is 5.75 Å². The van der Waals surface area contributed by atoms with Gasteiger partial charge in [-0.25, -0.2) is 9.50 Å². The molecule has 0 unspecified atom stereocenters. The van der Waals surface area contributed by atoms with Gasteiger partial charge < -0.3 is 10.1 Å². The van der Waals surface area contributed by atoms with Gasteiger partial charge in [-0.3, -0.25) is 14.7 Å². The fourth-order valence-electron chi connectivity index (χ4n) is 3.59. The molecule has 31 heavy (non-hydrogen) atoms. The van der Waals surface area contributed by atoms with Crippen molar-refractivity contribution in [2.24, 2.45) is 0 Å². The minimum absolute atomic E-state index is 0.0951. The lowest BCUT2D eigenvalue weighted by atomic mass is 10.0. The molecule has 7 nitrogen and oxygen atoms in total. The van der Waals surface area contributed by atoms with Gasteiger partial charge in [-0.1, -0.05) is 42.5 Å². The van der Waals surface area contributed by atoms with Crippen LogP contribution in [-0.4, -0.2) is 27.6 Å². The summed E-state index contributed by atoms with van der Waals surface area (Å²) < 4.78 is 6.66. The van der Waals surface area contributed by atoms with Gasteiger partial charge in [0.1, 0.15) is 5.75 Å². The molecule has 0 aliphatic carbocycles. The van der Waals surface area contributed by atoms with Gasteiger partial charge in [0.2, 0.25) is 5.91 Å². The van der Waals surface area contributed by atoms with Gasteiger partial charge in [0.15, 0.2) is 5.65 Å². The predicted molar refractivity (Wildman–Crippen MR) is 118 cm³/mol. The summed E-state index contributed by atoms with van der Waals surface area (Å²) in [4.78, 5) is 29.8. The first-order valence-corrected chi connectivity index (χ1v) is 10.1. The highest BCUT2D eigenvalue weighted by Gasteiger charge is 2.18. The second-order valence-corrected chi connectivity index (χ2v) is 7.48. The van der Waals surface area contributed by atoms with Gasteiger partial charge in [0.25, 0.3) is 5.56 Å². The molecule has 1 amide bonds. The fraction of sp³-hybridized carbons (Fsp3) is 0.208. The lowest BCUT2D eigenvalue weighted by Gasteiger charge is -2.19. The number of aryl methyl sites for hydroxylation is 1. The van der Waals surface area contributed by atoms with E-state index in [0.717, 1.165) is 22.6 Å². The zero-order chi connectivity index (χ0) is 21.8. The van der Waals surface area contributed by atoms with Crippen molar-refractivity contribution >= 4 is 11.6 Å². The average molecular weight is 416 g/mol. The van der Waals surface area contributed by atoms with Crippen molar-refractivity contribution < 1.29 is 9.53 Å². The Morgan fingerprint density at radius 3 is 2.58 bits per heavy atom. The Balaban J connectivity index is 1.61. The van der Waals surface area contributed by atoms with Gasteiger partial charge in [0, 0.05) is 24.2 Å². The molecule has 0 saturated carbocycles. The van der Waals surface area contributed by atoms with Crippen LogP contribution in [0.1, 0.15) is 28.6 Å². The topological polar surface area (TPSA) is 88.5 Å². The Kier molecular flexibility index (Phi) is 5.84. The number of aromatic amines is 1. The van der Waals surface area contributed by atoms with Crippen LogP contribution in [0.2, 0.25) is 0 Å². The highest BCUT2D eigenvalue weighted by atomic mass is 16.5. The summed E-state index contributed by atoms with van der Waals surface area (Å²) in [5, 5.41) is 6.07. The van der Waals surface area contributed by atoms with Crippen molar-refractivity contribution in [3.8, 4) is 5.75 Å². The normalized spacial score (nSPS) is 11.9. The predicted octanol–water partition coefficient (Wildman–Crippen LogP) is 2.98. The maximum absolute atomic E-state index is 12.8. The Bertz CT molecular complexity index is 1240. The van der Waals surface area contributed by atoms with E-state index in [0.29, 0.717) is 17.8 Å². The van der Waals surface area contributed by atoms with Crippen molar-refractivity contribution in [1.82, 2.24) is 19.9 Å². The second kappa shape index (κ2) is 8.87. The molecule has 0 aliphatic heterocycles. The zero-order valence-electron chi connectivity index (χ0n) is 17.5. The monoisotopic (exact) mass is 416 g/mol. The van der Waals surface area contributed by atoms with Crippen LogP contribution in [0.25, 0.3) is 5.65 Å². The van der Waals surface area contributed by atoms with Crippen LogP contribution in [0.3, 0.4) is 0 Å². The number of carbonyl (C=O) groups excluding carboxylic acids is 1. The van der Waals surface area contributed by atoms with Crippen molar-refractivity contribution in [3.05, 3.63) is 99.6 Å². The van der Waals surface area contributed by atoms with E-state index in [1.807, 2.05) is 67.6 Å². The van der Waals surface area contributed by atoms with Gasteiger partial charge in [-0.05, 0) is 30.2 Å². The Hall–Kier alpha value is -3.87. The van der Waals surface area contributed by atoms with Crippen LogP contribution < -0.4 is 15.6 Å². The number of nitrogens with one attached hydrogen (secondary N) is 2. The maximum Gasteiger partial charge on any atom is 0.272 e. The van der Waals surface area contributed by atoms with Gasteiger partial charge >= 0.3 is 0 Å². The van der Waals surface area contributed by atoms with Crippen molar-refractivity contribution in [2.75, 3.05) is 7.11 Å². The molecule has 4 rings (SSSR count). The highest BCUT2D eigenvalue weighted by Crippen LogP contribution is 2.21. The van der Waals surface area contributed by atoms with E-state index >= 15 is 0 Å². The minimum Gasteiger partial charge on any atom is -0.497 e. The molecule has 4 aromatic rings. The van der Waals surface area contributed by atoms with Gasteiger partial charge in [0.05, 0.1) is 25.3 Å². The number of rotatable bonds is 7. The lowest BCUT2D eigenvalue weighted by molar-refractivity contribution is -0.121. The number of H-pyrrole nitrogens is 1. The van der Waals surface area contributed by atoms with Gasteiger partial charge in [-0.15, -0.1) is 0 Å². The Morgan fingerprint density at radius 1 is 1.13 bits per heavy atom. The molecule has 0 bridgehead atoms. The largest absolute Gasteiger partial charge is 0.497 e. The molecule has 1 atom stereocenters. The summed E-state index contributed by atoms with van der Waals surface area (Å²) in [6.07, 6.45) is 0.669. The van der Waals surface area contributed by atoms with E-state index in [1.165, 1.54) is 10.6 Å². The molecule has 7 heteroatoms. The number of fused-ring (bicyclic) bond motifs is 1. The number of benzene rings is 2. The molecule has 2 N–H and O–H groups in total. The molecule has 2 heterocycles. The summed E-state index contributed by atoms with van der Waals surface area (Å²) in [5.41, 5.74) is 3.69. The smallest absolute Gasteiger partial charge is 0.272 e. The first kappa shape index (κ1) is 20.4. The number of hydrogen-bond acceptors (Lipinski definition) is 4. The summed E-state index contributed by atoms with van der Waals surface area (Å²) >= 11 is 0. The standard InChI is InChI=1S/C24H24N4O3/c1-16-12-22-25-19(15-24(30)28(22)27-16)14-21(18-8-10-20(31-2)11-9-18)26-23(29)13-17-6-4-3-5-7-17/h3-12,15,21,27H,13-14H2,1-2H3,(H,26,29)/t21-/m0/s1. The number of carbonyl (C=O) groups is 1. The molecule has 0 aliphatic rings. The van der Waals surface area contributed by atoms with Crippen LogP contribution in [0.15, 0.2) is 71.5 Å². The molecule has 0 radical (unpaired) electrons. The molecule has 158 valence electrons. The molecule has 0 fully saturated rings. The quantitative estimate of drug-likeness (QED) is 0.485. The molecule has 0 spiro atoms. The van der Waals surface area contributed by atoms with Gasteiger partial charge in [-0.2, -0.15) is 0 Å². The third-order valence-corrected chi connectivity index (χ3v) is 5.11. The third kappa shape index (κ3) is 4.83. The summed E-state index contributed by atoms with van der Waals surface area (Å²) in [6.45, 7) is 1.87. The number of aromatic nitrogens is 3.